The maximum Gasteiger partial charge on any atom is 0.135 e. The summed E-state index contributed by atoms with van der Waals surface area (Å²) in [6.07, 6.45) is -4.31. The van der Waals surface area contributed by atoms with Crippen LogP contribution in [0.25, 0.3) is 0 Å². The number of aliphatic hydroxyl groups is 3. The van der Waals surface area contributed by atoms with Crippen molar-refractivity contribution in [3.05, 3.63) is 0 Å². The Morgan fingerprint density at radius 1 is 1.17 bits per heavy atom. The Labute approximate surface area is 70.8 Å². The van der Waals surface area contributed by atoms with E-state index < -0.39 is 30.6 Å². The number of aliphatic hydroxyl groups excluding tert-OH is 3. The summed E-state index contributed by atoms with van der Waals surface area (Å²) in [6.45, 7) is 1.81. The van der Waals surface area contributed by atoms with Crippen LogP contribution in [0.3, 0.4) is 0 Å². The zero-order valence-corrected chi connectivity index (χ0v) is 6.92. The summed E-state index contributed by atoms with van der Waals surface area (Å²) in [7, 11) is 0. The van der Waals surface area contributed by atoms with Crippen LogP contribution in [0.2, 0.25) is 0 Å². The van der Waals surface area contributed by atoms with Crippen LogP contribution in [0.5, 0.6) is 0 Å². The zero-order chi connectivity index (χ0) is 9.30. The topological polar surface area (TPSA) is 95.9 Å². The maximum absolute atomic E-state index is 9.34. The fraction of sp³-hybridized carbons (Fsp3) is 1.00. The van der Waals surface area contributed by atoms with Gasteiger partial charge in [-0.2, -0.15) is 0 Å². The highest BCUT2D eigenvalue weighted by atomic mass is 16.5. The lowest BCUT2D eigenvalue weighted by atomic mass is 9.97. The molecule has 0 aromatic heterocycles. The van der Waals surface area contributed by atoms with Crippen molar-refractivity contribution in [2.45, 2.75) is 44.0 Å². The van der Waals surface area contributed by atoms with Gasteiger partial charge in [0.2, 0.25) is 0 Å². The van der Waals surface area contributed by atoms with Gasteiger partial charge < -0.3 is 25.8 Å². The van der Waals surface area contributed by atoms with Gasteiger partial charge in [-0.3, -0.25) is 0 Å². The van der Waals surface area contributed by atoms with E-state index in [0.717, 1.165) is 0 Å². The smallest absolute Gasteiger partial charge is 0.135 e. The van der Waals surface area contributed by atoms with Crippen LogP contribution in [0.4, 0.5) is 0 Å². The first kappa shape index (κ1) is 9.88. The first-order valence-corrected chi connectivity index (χ1v) is 4.03. The molecule has 0 aliphatic carbocycles. The summed E-state index contributed by atoms with van der Waals surface area (Å²) in [5, 5.41) is 27.8. The lowest BCUT2D eigenvalue weighted by Gasteiger charge is -2.38. The van der Waals surface area contributed by atoms with E-state index in [-0.39, 0.29) is 0 Å². The largest absolute Gasteiger partial charge is 0.388 e. The molecule has 0 radical (unpaired) electrons. The normalized spacial score (nSPS) is 49.2. The van der Waals surface area contributed by atoms with E-state index in [2.05, 4.69) is 0 Å². The molecule has 5 heteroatoms. The van der Waals surface area contributed by atoms with E-state index in [9.17, 15) is 10.2 Å². The third-order valence-corrected chi connectivity index (χ3v) is 2.15. The molecule has 0 aromatic rings. The predicted octanol–water partition coefficient (Wildman–Crippen LogP) is -1.84. The van der Waals surface area contributed by atoms with Gasteiger partial charge >= 0.3 is 0 Å². The lowest BCUT2D eigenvalue weighted by molar-refractivity contribution is -0.220. The molecular weight excluding hydrogens is 162 g/mol. The Hall–Kier alpha value is -0.200. The fourth-order valence-electron chi connectivity index (χ4n) is 1.32. The molecule has 5 nitrogen and oxygen atoms in total. The minimum atomic E-state index is -1.21. The molecule has 72 valence electrons. The molecule has 1 saturated heterocycles. The average Bonchev–Trinajstić information content (AvgIpc) is 2.08. The third kappa shape index (κ3) is 1.60. The Balaban J connectivity index is 2.63. The molecule has 1 fully saturated rings. The summed E-state index contributed by atoms with van der Waals surface area (Å²) in [5.41, 5.74) is 5.35. The van der Waals surface area contributed by atoms with Crippen LogP contribution in [0.1, 0.15) is 13.3 Å². The number of nitrogens with two attached hydrogens (primary N) is 1. The van der Waals surface area contributed by atoms with Crippen molar-refractivity contribution < 1.29 is 20.1 Å². The van der Waals surface area contributed by atoms with Crippen molar-refractivity contribution in [3.8, 4) is 0 Å². The Morgan fingerprint density at radius 2 is 1.75 bits per heavy atom. The highest BCUT2D eigenvalue weighted by molar-refractivity contribution is 4.89. The van der Waals surface area contributed by atoms with Crippen LogP contribution < -0.4 is 5.73 Å². The second-order valence-corrected chi connectivity index (χ2v) is 3.02. The molecule has 1 aliphatic heterocycles. The molecule has 0 saturated carbocycles. The number of hydrogen-bond donors (Lipinski definition) is 4. The molecule has 5 N–H and O–H groups in total. The van der Waals surface area contributed by atoms with E-state index in [1.54, 1.807) is 0 Å². The minimum Gasteiger partial charge on any atom is -0.388 e. The van der Waals surface area contributed by atoms with Gasteiger partial charge in [-0.05, 0) is 6.42 Å². The summed E-state index contributed by atoms with van der Waals surface area (Å²) in [4.78, 5) is 0. The Morgan fingerprint density at radius 3 is 2.25 bits per heavy atom. The van der Waals surface area contributed by atoms with Gasteiger partial charge in [0.15, 0.2) is 0 Å². The van der Waals surface area contributed by atoms with Crippen LogP contribution >= 0.6 is 0 Å². The third-order valence-electron chi connectivity index (χ3n) is 2.15. The van der Waals surface area contributed by atoms with E-state index in [4.69, 9.17) is 15.6 Å². The summed E-state index contributed by atoms with van der Waals surface area (Å²) in [5.74, 6) is 0. The van der Waals surface area contributed by atoms with Gasteiger partial charge in [0.05, 0.1) is 6.10 Å². The monoisotopic (exact) mass is 177 g/mol. The second-order valence-electron chi connectivity index (χ2n) is 3.02. The molecule has 0 amide bonds. The molecule has 0 spiro atoms. The van der Waals surface area contributed by atoms with Crippen molar-refractivity contribution in [1.82, 2.24) is 0 Å². The summed E-state index contributed by atoms with van der Waals surface area (Å²) >= 11 is 0. The van der Waals surface area contributed by atoms with Gasteiger partial charge in [0, 0.05) is 0 Å². The molecular formula is C7H15NO4. The van der Waals surface area contributed by atoms with Crippen LogP contribution in [0, 0.1) is 0 Å². The quantitative estimate of drug-likeness (QED) is 0.377. The average molecular weight is 177 g/mol. The standard InChI is InChI=1S/C7H15NO4/c1-2-3-4(9)5(10)6(11)7(8)12-3/h3-7,9-11H,2,8H2,1H3/t3-,4-,5+,6-,7-/m0/s1. The number of rotatable bonds is 1. The molecule has 1 heterocycles. The molecule has 1 aliphatic rings. The van der Waals surface area contributed by atoms with E-state index >= 15 is 0 Å². The summed E-state index contributed by atoms with van der Waals surface area (Å²) < 4.78 is 5.05. The highest BCUT2D eigenvalue weighted by Crippen LogP contribution is 2.20. The van der Waals surface area contributed by atoms with E-state index in [0.29, 0.717) is 6.42 Å². The van der Waals surface area contributed by atoms with Crippen LogP contribution in [-0.4, -0.2) is 46.0 Å². The number of hydrogen-bond acceptors (Lipinski definition) is 5. The fourth-order valence-corrected chi connectivity index (χ4v) is 1.32. The van der Waals surface area contributed by atoms with Crippen molar-refractivity contribution >= 4 is 0 Å². The number of ether oxygens (including phenoxy) is 1. The first-order valence-electron chi connectivity index (χ1n) is 4.03. The summed E-state index contributed by atoms with van der Waals surface area (Å²) in [6, 6.07) is 0. The Bertz CT molecular complexity index is 150. The molecule has 0 unspecified atom stereocenters. The SMILES string of the molecule is CC[C@@H]1O[C@H](N)[C@@H](O)[C@H](O)[C@H]1O. The van der Waals surface area contributed by atoms with Crippen molar-refractivity contribution in [2.75, 3.05) is 0 Å². The minimum absolute atomic E-state index is 0.488. The lowest BCUT2D eigenvalue weighted by Crippen LogP contribution is -2.60. The maximum atomic E-state index is 9.34. The van der Waals surface area contributed by atoms with Crippen molar-refractivity contribution in [1.29, 1.82) is 0 Å². The van der Waals surface area contributed by atoms with Gasteiger partial charge in [-0.1, -0.05) is 6.92 Å². The Kier molecular flexibility index (Phi) is 3.03. The highest BCUT2D eigenvalue weighted by Gasteiger charge is 2.41. The molecule has 12 heavy (non-hydrogen) atoms. The molecule has 1 rings (SSSR count). The van der Waals surface area contributed by atoms with E-state index in [1.807, 2.05) is 6.92 Å². The van der Waals surface area contributed by atoms with Crippen molar-refractivity contribution in [2.24, 2.45) is 5.73 Å². The van der Waals surface area contributed by atoms with Gasteiger partial charge in [-0.15, -0.1) is 0 Å². The molecule has 0 bridgehead atoms. The second kappa shape index (κ2) is 3.68. The zero-order valence-electron chi connectivity index (χ0n) is 6.92. The van der Waals surface area contributed by atoms with E-state index in [1.165, 1.54) is 0 Å². The van der Waals surface area contributed by atoms with Gasteiger partial charge in [0.25, 0.3) is 0 Å². The predicted molar refractivity (Wildman–Crippen MR) is 41.2 cm³/mol. The van der Waals surface area contributed by atoms with Gasteiger partial charge in [0.1, 0.15) is 24.5 Å². The van der Waals surface area contributed by atoms with Crippen molar-refractivity contribution in [3.63, 3.8) is 0 Å². The van der Waals surface area contributed by atoms with Crippen LogP contribution in [-0.2, 0) is 4.74 Å². The molecule has 0 aromatic carbocycles. The van der Waals surface area contributed by atoms with Crippen LogP contribution in [0.15, 0.2) is 0 Å². The first-order chi connectivity index (χ1) is 5.57. The molecule has 5 atom stereocenters. The van der Waals surface area contributed by atoms with Gasteiger partial charge in [-0.25, -0.2) is 0 Å².